The third-order valence-corrected chi connectivity index (χ3v) is 3.71. The molecule has 1 aromatic carbocycles. The van der Waals surface area contributed by atoms with Gasteiger partial charge in [0, 0.05) is 37.1 Å². The maximum absolute atomic E-state index is 11.3. The number of hydrogen-bond acceptors (Lipinski definition) is 3. The Morgan fingerprint density at radius 2 is 2.17 bits per heavy atom. The Morgan fingerprint density at radius 3 is 2.72 bits per heavy atom. The molecule has 1 unspecified atom stereocenters. The summed E-state index contributed by atoms with van der Waals surface area (Å²) in [4.78, 5) is 13.4. The molecular weight excluding hydrogens is 294 g/mol. The van der Waals surface area contributed by atoms with Crippen LogP contribution in [-0.4, -0.2) is 38.0 Å². The number of benzene rings is 1. The summed E-state index contributed by atoms with van der Waals surface area (Å²) >= 11 is 3.54. The number of nitrogens with zero attached hydrogens (tertiary/aromatic N) is 1. The minimum Gasteiger partial charge on any atom is -0.359 e. The molecule has 0 aliphatic heterocycles. The van der Waals surface area contributed by atoms with Crippen LogP contribution in [-0.2, 0) is 4.79 Å². The average molecular weight is 314 g/mol. The molecule has 0 aliphatic carbocycles. The lowest BCUT2D eigenvalue weighted by Crippen LogP contribution is -2.33. The van der Waals surface area contributed by atoms with Crippen molar-refractivity contribution in [2.24, 2.45) is 5.73 Å². The SMILES string of the molecule is CNC(=O)CCN(C)C(CN)c1ccccc1Br. The average Bonchev–Trinajstić information content (AvgIpc) is 2.39. The molecular formula is C13H20BrN3O. The molecule has 1 rings (SSSR count). The summed E-state index contributed by atoms with van der Waals surface area (Å²) in [5.41, 5.74) is 7.00. The molecule has 0 aliphatic rings. The summed E-state index contributed by atoms with van der Waals surface area (Å²) < 4.78 is 1.05. The predicted molar refractivity (Wildman–Crippen MR) is 77.3 cm³/mol. The van der Waals surface area contributed by atoms with E-state index in [1.807, 2.05) is 25.2 Å². The maximum Gasteiger partial charge on any atom is 0.221 e. The number of nitrogens with two attached hydrogens (primary N) is 1. The highest BCUT2D eigenvalue weighted by atomic mass is 79.9. The van der Waals surface area contributed by atoms with E-state index in [0.717, 1.165) is 10.0 Å². The van der Waals surface area contributed by atoms with E-state index in [4.69, 9.17) is 5.73 Å². The van der Waals surface area contributed by atoms with Gasteiger partial charge in [-0.25, -0.2) is 0 Å². The Balaban J connectivity index is 2.71. The van der Waals surface area contributed by atoms with E-state index in [0.29, 0.717) is 19.5 Å². The molecule has 0 bridgehead atoms. The molecule has 0 heterocycles. The lowest BCUT2D eigenvalue weighted by atomic mass is 10.1. The van der Waals surface area contributed by atoms with Crippen LogP contribution in [0.1, 0.15) is 18.0 Å². The molecule has 0 fully saturated rings. The van der Waals surface area contributed by atoms with Gasteiger partial charge in [0.05, 0.1) is 0 Å². The smallest absolute Gasteiger partial charge is 0.221 e. The summed E-state index contributed by atoms with van der Waals surface area (Å²) in [5, 5.41) is 2.62. The van der Waals surface area contributed by atoms with Gasteiger partial charge in [0.25, 0.3) is 0 Å². The van der Waals surface area contributed by atoms with Gasteiger partial charge in [-0.1, -0.05) is 34.1 Å². The molecule has 5 heteroatoms. The number of hydrogen-bond donors (Lipinski definition) is 2. The lowest BCUT2D eigenvalue weighted by molar-refractivity contribution is -0.120. The summed E-state index contributed by atoms with van der Waals surface area (Å²) in [6, 6.07) is 8.15. The van der Waals surface area contributed by atoms with Gasteiger partial charge >= 0.3 is 0 Å². The number of rotatable bonds is 6. The fourth-order valence-electron chi connectivity index (χ4n) is 1.85. The first-order valence-electron chi connectivity index (χ1n) is 5.95. The molecule has 0 radical (unpaired) electrons. The van der Waals surface area contributed by atoms with Crippen molar-refractivity contribution in [3.63, 3.8) is 0 Å². The molecule has 0 aromatic heterocycles. The van der Waals surface area contributed by atoms with Crippen LogP contribution < -0.4 is 11.1 Å². The van der Waals surface area contributed by atoms with Gasteiger partial charge in [-0.15, -0.1) is 0 Å². The fraction of sp³-hybridized carbons (Fsp3) is 0.462. The standard InChI is InChI=1S/C13H20BrN3O/c1-16-13(18)7-8-17(2)12(9-15)10-5-3-4-6-11(10)14/h3-6,12H,7-9,15H2,1-2H3,(H,16,18). The number of amides is 1. The second-order valence-corrected chi connectivity index (χ2v) is 5.03. The number of carbonyl (C=O) groups excluding carboxylic acids is 1. The largest absolute Gasteiger partial charge is 0.359 e. The topological polar surface area (TPSA) is 58.4 Å². The van der Waals surface area contributed by atoms with E-state index in [9.17, 15) is 4.79 Å². The first kappa shape index (κ1) is 15.1. The zero-order valence-corrected chi connectivity index (χ0v) is 12.4. The Kier molecular flexibility index (Phi) is 6.32. The zero-order valence-electron chi connectivity index (χ0n) is 10.8. The summed E-state index contributed by atoms with van der Waals surface area (Å²) in [7, 11) is 3.64. The van der Waals surface area contributed by atoms with Gasteiger partial charge < -0.3 is 11.1 Å². The van der Waals surface area contributed by atoms with Gasteiger partial charge in [-0.3, -0.25) is 9.69 Å². The number of halogens is 1. The quantitative estimate of drug-likeness (QED) is 0.837. The molecule has 0 spiro atoms. The lowest BCUT2D eigenvalue weighted by Gasteiger charge is -2.27. The number of carbonyl (C=O) groups is 1. The third kappa shape index (κ3) is 4.08. The Morgan fingerprint density at radius 1 is 1.50 bits per heavy atom. The van der Waals surface area contributed by atoms with E-state index < -0.39 is 0 Å². The van der Waals surface area contributed by atoms with E-state index in [-0.39, 0.29) is 11.9 Å². The monoisotopic (exact) mass is 313 g/mol. The number of likely N-dealkylation sites (N-methyl/N-ethyl adjacent to an activating group) is 1. The van der Waals surface area contributed by atoms with Crippen molar-refractivity contribution in [1.29, 1.82) is 0 Å². The Bertz CT molecular complexity index is 398. The molecule has 1 atom stereocenters. The van der Waals surface area contributed by atoms with Gasteiger partial charge in [0.1, 0.15) is 0 Å². The van der Waals surface area contributed by atoms with Crippen LogP contribution in [0.15, 0.2) is 28.7 Å². The summed E-state index contributed by atoms with van der Waals surface area (Å²) in [5.74, 6) is 0.0461. The van der Waals surface area contributed by atoms with Gasteiger partial charge in [-0.2, -0.15) is 0 Å². The maximum atomic E-state index is 11.3. The predicted octanol–water partition coefficient (Wildman–Crippen LogP) is 1.52. The first-order valence-corrected chi connectivity index (χ1v) is 6.74. The minimum absolute atomic E-state index is 0.0461. The van der Waals surface area contributed by atoms with Crippen LogP contribution in [0.2, 0.25) is 0 Å². The molecule has 1 amide bonds. The Hall–Kier alpha value is -0.910. The summed E-state index contributed by atoms with van der Waals surface area (Å²) in [6.07, 6.45) is 0.480. The second kappa shape index (κ2) is 7.51. The third-order valence-electron chi connectivity index (χ3n) is 2.99. The molecule has 18 heavy (non-hydrogen) atoms. The van der Waals surface area contributed by atoms with Crippen molar-refractivity contribution in [3.8, 4) is 0 Å². The van der Waals surface area contributed by atoms with E-state index in [1.54, 1.807) is 7.05 Å². The van der Waals surface area contributed by atoms with E-state index >= 15 is 0 Å². The van der Waals surface area contributed by atoms with Crippen LogP contribution in [0.3, 0.4) is 0 Å². The van der Waals surface area contributed by atoms with Crippen LogP contribution in [0.25, 0.3) is 0 Å². The van der Waals surface area contributed by atoms with E-state index in [1.165, 1.54) is 0 Å². The van der Waals surface area contributed by atoms with Crippen LogP contribution in [0.5, 0.6) is 0 Å². The van der Waals surface area contributed by atoms with E-state index in [2.05, 4.69) is 32.2 Å². The molecule has 4 nitrogen and oxygen atoms in total. The van der Waals surface area contributed by atoms with Crippen molar-refractivity contribution < 1.29 is 4.79 Å². The van der Waals surface area contributed by atoms with Crippen LogP contribution in [0, 0.1) is 0 Å². The number of nitrogens with one attached hydrogen (secondary N) is 1. The van der Waals surface area contributed by atoms with Gasteiger partial charge in [-0.05, 0) is 18.7 Å². The summed E-state index contributed by atoms with van der Waals surface area (Å²) in [6.45, 7) is 1.20. The fourth-order valence-corrected chi connectivity index (χ4v) is 2.40. The van der Waals surface area contributed by atoms with Crippen molar-refractivity contribution in [1.82, 2.24) is 10.2 Å². The zero-order chi connectivity index (χ0) is 13.5. The van der Waals surface area contributed by atoms with Gasteiger partial charge in [0.15, 0.2) is 0 Å². The Labute approximate surface area is 117 Å². The molecule has 3 N–H and O–H groups in total. The van der Waals surface area contributed by atoms with Crippen molar-refractivity contribution >= 4 is 21.8 Å². The molecule has 0 saturated carbocycles. The van der Waals surface area contributed by atoms with Crippen molar-refractivity contribution in [3.05, 3.63) is 34.3 Å². The minimum atomic E-state index is 0.0461. The van der Waals surface area contributed by atoms with Crippen molar-refractivity contribution in [2.75, 3.05) is 27.2 Å². The molecule has 100 valence electrons. The van der Waals surface area contributed by atoms with Crippen LogP contribution in [0.4, 0.5) is 0 Å². The second-order valence-electron chi connectivity index (χ2n) is 4.18. The molecule has 0 saturated heterocycles. The highest BCUT2D eigenvalue weighted by Gasteiger charge is 2.17. The first-order chi connectivity index (χ1) is 8.60. The molecule has 1 aromatic rings. The van der Waals surface area contributed by atoms with Crippen molar-refractivity contribution in [2.45, 2.75) is 12.5 Å². The highest BCUT2D eigenvalue weighted by Crippen LogP contribution is 2.26. The van der Waals surface area contributed by atoms with Crippen LogP contribution >= 0.6 is 15.9 Å². The normalized spacial score (nSPS) is 12.5. The van der Waals surface area contributed by atoms with Gasteiger partial charge in [0.2, 0.25) is 5.91 Å². The highest BCUT2D eigenvalue weighted by molar-refractivity contribution is 9.10.